The van der Waals surface area contributed by atoms with Gasteiger partial charge in [-0.3, -0.25) is 0 Å². The fourth-order valence-corrected chi connectivity index (χ4v) is 2.12. The highest BCUT2D eigenvalue weighted by atomic mass is 32.2. The minimum absolute atomic E-state index is 0.281. The van der Waals surface area contributed by atoms with Crippen molar-refractivity contribution < 1.29 is 4.39 Å². The van der Waals surface area contributed by atoms with E-state index in [4.69, 9.17) is 11.0 Å². The number of rotatable bonds is 2. The van der Waals surface area contributed by atoms with Gasteiger partial charge in [0.2, 0.25) is 0 Å². The van der Waals surface area contributed by atoms with Gasteiger partial charge >= 0.3 is 0 Å². The molecule has 5 heteroatoms. The van der Waals surface area contributed by atoms with Gasteiger partial charge in [-0.2, -0.15) is 5.26 Å². The smallest absolute Gasteiger partial charge is 0.137 e. The molecule has 0 aliphatic carbocycles. The van der Waals surface area contributed by atoms with E-state index in [2.05, 4.69) is 4.98 Å². The van der Waals surface area contributed by atoms with Gasteiger partial charge in [-0.05, 0) is 18.2 Å². The van der Waals surface area contributed by atoms with Gasteiger partial charge in [0.25, 0.3) is 0 Å². The topological polar surface area (TPSA) is 62.7 Å². The summed E-state index contributed by atoms with van der Waals surface area (Å²) in [6, 6.07) is 9.84. The number of aromatic nitrogens is 1. The number of nitrogen functional groups attached to an aromatic ring is 1. The third-order valence-electron chi connectivity index (χ3n) is 2.12. The molecule has 2 aromatic rings. The molecule has 0 saturated carbocycles. The summed E-state index contributed by atoms with van der Waals surface area (Å²) in [6.45, 7) is 0. The van der Waals surface area contributed by atoms with Crippen molar-refractivity contribution in [2.24, 2.45) is 0 Å². The zero-order valence-corrected chi connectivity index (χ0v) is 9.54. The Bertz CT molecular complexity index is 593. The third-order valence-corrected chi connectivity index (χ3v) is 3.19. The minimum atomic E-state index is -0.332. The summed E-state index contributed by atoms with van der Waals surface area (Å²) in [5.74, 6) is -0.332. The number of hydrogen-bond donors (Lipinski definition) is 1. The van der Waals surface area contributed by atoms with Crippen LogP contribution in [0.25, 0.3) is 0 Å². The summed E-state index contributed by atoms with van der Waals surface area (Å²) in [4.78, 5) is 4.48. The van der Waals surface area contributed by atoms with Crippen molar-refractivity contribution in [3.05, 3.63) is 47.9 Å². The summed E-state index contributed by atoms with van der Waals surface area (Å²) < 4.78 is 13.4. The highest BCUT2D eigenvalue weighted by Crippen LogP contribution is 2.32. The van der Waals surface area contributed by atoms with Gasteiger partial charge in [-0.25, -0.2) is 9.37 Å². The molecular formula is C12H8FN3S. The van der Waals surface area contributed by atoms with E-state index in [0.717, 1.165) is 11.8 Å². The highest BCUT2D eigenvalue weighted by molar-refractivity contribution is 7.99. The van der Waals surface area contributed by atoms with Crippen LogP contribution in [0.1, 0.15) is 5.56 Å². The molecule has 1 aromatic heterocycles. The summed E-state index contributed by atoms with van der Waals surface area (Å²) in [5, 5.41) is 9.26. The maximum Gasteiger partial charge on any atom is 0.137 e. The molecule has 1 aromatic carbocycles. The van der Waals surface area contributed by atoms with Crippen molar-refractivity contribution in [2.45, 2.75) is 9.92 Å². The van der Waals surface area contributed by atoms with Crippen LogP contribution in [0.2, 0.25) is 0 Å². The van der Waals surface area contributed by atoms with Gasteiger partial charge in [-0.1, -0.05) is 23.9 Å². The Morgan fingerprint density at radius 3 is 2.76 bits per heavy atom. The molecule has 0 aliphatic rings. The molecule has 0 saturated heterocycles. The van der Waals surface area contributed by atoms with E-state index in [1.807, 2.05) is 6.07 Å². The Morgan fingerprint density at radius 1 is 1.29 bits per heavy atom. The van der Waals surface area contributed by atoms with Crippen LogP contribution >= 0.6 is 11.8 Å². The first-order chi connectivity index (χ1) is 8.22. The van der Waals surface area contributed by atoms with Crippen molar-refractivity contribution in [1.29, 1.82) is 5.26 Å². The van der Waals surface area contributed by atoms with Crippen LogP contribution in [0.15, 0.2) is 46.5 Å². The maximum atomic E-state index is 13.4. The van der Waals surface area contributed by atoms with Crippen molar-refractivity contribution in [2.75, 3.05) is 5.73 Å². The Labute approximate surface area is 102 Å². The molecule has 2 rings (SSSR count). The number of anilines is 1. The number of pyridine rings is 1. The van der Waals surface area contributed by atoms with E-state index in [1.54, 1.807) is 18.2 Å². The van der Waals surface area contributed by atoms with Gasteiger partial charge in [0.05, 0.1) is 11.3 Å². The van der Waals surface area contributed by atoms with Gasteiger partial charge in [0.15, 0.2) is 0 Å². The quantitative estimate of drug-likeness (QED) is 0.883. The fourth-order valence-electron chi connectivity index (χ4n) is 1.26. The molecule has 84 valence electrons. The van der Waals surface area contributed by atoms with Crippen molar-refractivity contribution in [3.63, 3.8) is 0 Å². The summed E-state index contributed by atoms with van der Waals surface area (Å²) in [5.41, 5.74) is 6.39. The van der Waals surface area contributed by atoms with Crippen molar-refractivity contribution >= 4 is 17.4 Å². The lowest BCUT2D eigenvalue weighted by molar-refractivity contribution is 0.602. The molecule has 0 atom stereocenters. The van der Waals surface area contributed by atoms with E-state index >= 15 is 0 Å². The molecule has 1 heterocycles. The Hall–Kier alpha value is -2.06. The van der Waals surface area contributed by atoms with Gasteiger partial charge in [-0.15, -0.1) is 0 Å². The summed E-state index contributed by atoms with van der Waals surface area (Å²) >= 11 is 1.11. The number of hydrogen-bond acceptors (Lipinski definition) is 4. The first-order valence-corrected chi connectivity index (χ1v) is 5.61. The molecule has 2 N–H and O–H groups in total. The second-order valence-electron chi connectivity index (χ2n) is 3.22. The SMILES string of the molecule is N#Cc1ccnc(Sc2ccccc2F)c1N. The number of nitrogens with zero attached hydrogens (tertiary/aromatic N) is 2. The number of nitriles is 1. The number of halogens is 1. The lowest BCUT2D eigenvalue weighted by Crippen LogP contribution is -1.95. The number of benzene rings is 1. The molecule has 0 amide bonds. The Kier molecular flexibility index (Phi) is 3.26. The van der Waals surface area contributed by atoms with E-state index in [0.29, 0.717) is 15.5 Å². The normalized spacial score (nSPS) is 9.88. The molecule has 0 unspecified atom stereocenters. The van der Waals surface area contributed by atoms with Crippen LogP contribution < -0.4 is 5.73 Å². The predicted octanol–water partition coefficient (Wildman–Crippen LogP) is 2.83. The molecule has 3 nitrogen and oxygen atoms in total. The van der Waals surface area contributed by atoms with Crippen molar-refractivity contribution in [1.82, 2.24) is 4.98 Å². The molecule has 0 spiro atoms. The van der Waals surface area contributed by atoms with Crippen molar-refractivity contribution in [3.8, 4) is 6.07 Å². The predicted molar refractivity (Wildman–Crippen MR) is 63.9 cm³/mol. The maximum absolute atomic E-state index is 13.4. The average Bonchev–Trinajstić information content (AvgIpc) is 2.34. The van der Waals surface area contributed by atoms with Gasteiger partial charge in [0.1, 0.15) is 16.9 Å². The Balaban J connectivity index is 2.38. The molecule has 0 fully saturated rings. The standard InChI is InChI=1S/C12H8FN3S/c13-9-3-1-2-4-10(9)17-12-11(15)8(7-14)5-6-16-12/h1-6H,15H2. The monoisotopic (exact) mass is 245 g/mol. The molecule has 0 aliphatic heterocycles. The first kappa shape index (κ1) is 11.4. The first-order valence-electron chi connectivity index (χ1n) is 4.79. The lowest BCUT2D eigenvalue weighted by Gasteiger charge is -2.05. The van der Waals surface area contributed by atoms with E-state index in [-0.39, 0.29) is 11.5 Å². The van der Waals surface area contributed by atoms with Crippen LogP contribution in [-0.2, 0) is 0 Å². The zero-order chi connectivity index (χ0) is 12.3. The molecule has 17 heavy (non-hydrogen) atoms. The van der Waals surface area contributed by atoms with Crippen LogP contribution in [0.3, 0.4) is 0 Å². The third kappa shape index (κ3) is 2.37. The molecule has 0 radical (unpaired) electrons. The second kappa shape index (κ2) is 4.85. The highest BCUT2D eigenvalue weighted by Gasteiger charge is 2.10. The lowest BCUT2D eigenvalue weighted by atomic mass is 10.2. The Morgan fingerprint density at radius 2 is 2.06 bits per heavy atom. The van der Waals surface area contributed by atoms with E-state index < -0.39 is 0 Å². The fraction of sp³-hybridized carbons (Fsp3) is 0. The second-order valence-corrected chi connectivity index (χ2v) is 4.25. The van der Waals surface area contributed by atoms with E-state index in [9.17, 15) is 4.39 Å². The van der Waals surface area contributed by atoms with Crippen LogP contribution in [0.4, 0.5) is 10.1 Å². The largest absolute Gasteiger partial charge is 0.395 e. The van der Waals surface area contributed by atoms with E-state index in [1.165, 1.54) is 18.3 Å². The number of nitrogens with two attached hydrogens (primary N) is 1. The van der Waals surface area contributed by atoms with Crippen LogP contribution in [-0.4, -0.2) is 4.98 Å². The van der Waals surface area contributed by atoms with Crippen LogP contribution in [0, 0.1) is 17.1 Å². The van der Waals surface area contributed by atoms with Gasteiger partial charge < -0.3 is 5.73 Å². The zero-order valence-electron chi connectivity index (χ0n) is 8.72. The molecular weight excluding hydrogens is 237 g/mol. The van der Waals surface area contributed by atoms with Crippen LogP contribution in [0.5, 0.6) is 0 Å². The summed E-state index contributed by atoms with van der Waals surface area (Å²) in [7, 11) is 0. The summed E-state index contributed by atoms with van der Waals surface area (Å²) in [6.07, 6.45) is 1.48. The minimum Gasteiger partial charge on any atom is -0.395 e. The molecule has 0 bridgehead atoms. The average molecular weight is 245 g/mol. The van der Waals surface area contributed by atoms with Gasteiger partial charge in [0, 0.05) is 11.1 Å².